The third kappa shape index (κ3) is 2.72. The summed E-state index contributed by atoms with van der Waals surface area (Å²) in [5, 5.41) is 3.19. The summed E-state index contributed by atoms with van der Waals surface area (Å²) in [5.74, 6) is 0.0369. The predicted molar refractivity (Wildman–Crippen MR) is 90.0 cm³/mol. The summed E-state index contributed by atoms with van der Waals surface area (Å²) in [7, 11) is 0. The van der Waals surface area contributed by atoms with Gasteiger partial charge >= 0.3 is 0 Å². The van der Waals surface area contributed by atoms with Gasteiger partial charge in [0.1, 0.15) is 6.54 Å². The number of benzene rings is 2. The van der Waals surface area contributed by atoms with E-state index in [2.05, 4.69) is 28.5 Å². The van der Waals surface area contributed by atoms with Crippen molar-refractivity contribution in [2.45, 2.75) is 31.8 Å². The van der Waals surface area contributed by atoms with E-state index in [0.29, 0.717) is 6.54 Å². The standard InChI is InChI=1S/C19H19N3O/c23-19(12-22-13-20-17-9-3-4-11-18(17)22)21-16-10-5-7-14-6-1-2-8-15(14)16/h1-4,6,8-9,11,13,16H,5,7,10,12H2,(H,21,23). The maximum absolute atomic E-state index is 12.5. The summed E-state index contributed by atoms with van der Waals surface area (Å²) in [6.45, 7) is 0.305. The molecule has 1 atom stereocenters. The van der Waals surface area contributed by atoms with Gasteiger partial charge < -0.3 is 9.88 Å². The number of hydrogen-bond acceptors (Lipinski definition) is 2. The Morgan fingerprint density at radius 2 is 2.00 bits per heavy atom. The number of aryl methyl sites for hydroxylation is 1. The molecule has 4 nitrogen and oxygen atoms in total. The first-order valence-corrected chi connectivity index (χ1v) is 8.08. The fourth-order valence-corrected chi connectivity index (χ4v) is 3.43. The summed E-state index contributed by atoms with van der Waals surface area (Å²) in [4.78, 5) is 16.8. The maximum atomic E-state index is 12.5. The molecule has 1 N–H and O–H groups in total. The third-order valence-electron chi connectivity index (χ3n) is 4.55. The number of carbonyl (C=O) groups is 1. The molecule has 4 heteroatoms. The lowest BCUT2D eigenvalue weighted by Crippen LogP contribution is -2.33. The fraction of sp³-hybridized carbons (Fsp3) is 0.263. The number of nitrogens with one attached hydrogen (secondary N) is 1. The fourth-order valence-electron chi connectivity index (χ4n) is 3.43. The molecule has 0 saturated heterocycles. The second kappa shape index (κ2) is 5.88. The quantitative estimate of drug-likeness (QED) is 0.807. The molecule has 0 aliphatic heterocycles. The Morgan fingerprint density at radius 3 is 2.96 bits per heavy atom. The van der Waals surface area contributed by atoms with Crippen LogP contribution in [-0.2, 0) is 17.8 Å². The van der Waals surface area contributed by atoms with Crippen LogP contribution in [0.25, 0.3) is 11.0 Å². The SMILES string of the molecule is O=C(Cn1cnc2ccccc21)NC1CCCc2ccccc21. The molecule has 4 rings (SSSR count). The first-order chi connectivity index (χ1) is 11.3. The maximum Gasteiger partial charge on any atom is 0.240 e. The van der Waals surface area contributed by atoms with Crippen molar-refractivity contribution in [1.29, 1.82) is 0 Å². The largest absolute Gasteiger partial charge is 0.348 e. The van der Waals surface area contributed by atoms with E-state index in [1.165, 1.54) is 11.1 Å². The molecule has 1 amide bonds. The van der Waals surface area contributed by atoms with Crippen molar-refractivity contribution in [3.05, 3.63) is 66.0 Å². The molecule has 1 aliphatic carbocycles. The van der Waals surface area contributed by atoms with E-state index in [4.69, 9.17) is 0 Å². The Hall–Kier alpha value is -2.62. The van der Waals surface area contributed by atoms with Gasteiger partial charge in [0, 0.05) is 0 Å². The van der Waals surface area contributed by atoms with Gasteiger partial charge in [-0.3, -0.25) is 4.79 Å². The molecule has 2 aromatic carbocycles. The molecule has 0 saturated carbocycles. The zero-order valence-electron chi connectivity index (χ0n) is 12.9. The van der Waals surface area contributed by atoms with Gasteiger partial charge in [-0.1, -0.05) is 36.4 Å². The number of imidazole rings is 1. The van der Waals surface area contributed by atoms with Crippen molar-refractivity contribution < 1.29 is 4.79 Å². The van der Waals surface area contributed by atoms with Gasteiger partial charge in [-0.15, -0.1) is 0 Å². The highest BCUT2D eigenvalue weighted by molar-refractivity contribution is 5.80. The van der Waals surface area contributed by atoms with Crippen molar-refractivity contribution in [3.63, 3.8) is 0 Å². The summed E-state index contributed by atoms with van der Waals surface area (Å²) in [5.41, 5.74) is 4.54. The molecule has 1 unspecified atom stereocenters. The average molecular weight is 305 g/mol. The van der Waals surface area contributed by atoms with Crippen LogP contribution in [0.4, 0.5) is 0 Å². The minimum Gasteiger partial charge on any atom is -0.348 e. The molecule has 116 valence electrons. The topological polar surface area (TPSA) is 46.9 Å². The Kier molecular flexibility index (Phi) is 3.58. The summed E-state index contributed by atoms with van der Waals surface area (Å²) in [6, 6.07) is 16.4. The number of hydrogen-bond donors (Lipinski definition) is 1. The zero-order valence-corrected chi connectivity index (χ0v) is 12.9. The minimum absolute atomic E-state index is 0.0369. The molecule has 1 aromatic heterocycles. The molecule has 3 aromatic rings. The van der Waals surface area contributed by atoms with E-state index in [1.54, 1.807) is 6.33 Å². The Balaban J connectivity index is 1.51. The second-order valence-corrected chi connectivity index (χ2v) is 6.07. The van der Waals surface area contributed by atoms with Crippen molar-refractivity contribution in [2.75, 3.05) is 0 Å². The first-order valence-electron chi connectivity index (χ1n) is 8.08. The molecule has 23 heavy (non-hydrogen) atoms. The number of carbonyl (C=O) groups excluding carboxylic acids is 1. The van der Waals surface area contributed by atoms with E-state index in [1.807, 2.05) is 34.9 Å². The van der Waals surface area contributed by atoms with E-state index < -0.39 is 0 Å². The Morgan fingerprint density at radius 1 is 1.17 bits per heavy atom. The minimum atomic E-state index is 0.0369. The summed E-state index contributed by atoms with van der Waals surface area (Å²) < 4.78 is 1.90. The van der Waals surface area contributed by atoms with E-state index in [0.717, 1.165) is 30.3 Å². The summed E-state index contributed by atoms with van der Waals surface area (Å²) in [6.07, 6.45) is 4.97. The van der Waals surface area contributed by atoms with Crippen LogP contribution in [0.2, 0.25) is 0 Å². The van der Waals surface area contributed by atoms with Gasteiger partial charge in [-0.2, -0.15) is 0 Å². The number of rotatable bonds is 3. The van der Waals surface area contributed by atoms with Crippen LogP contribution >= 0.6 is 0 Å². The van der Waals surface area contributed by atoms with Gasteiger partial charge in [-0.05, 0) is 42.5 Å². The van der Waals surface area contributed by atoms with Crippen LogP contribution in [0.1, 0.15) is 30.0 Å². The number of nitrogens with zero attached hydrogens (tertiary/aromatic N) is 2. The van der Waals surface area contributed by atoms with Crippen LogP contribution in [0.5, 0.6) is 0 Å². The highest BCUT2D eigenvalue weighted by Crippen LogP contribution is 2.29. The molecule has 0 fully saturated rings. The molecule has 0 radical (unpaired) electrons. The molecular weight excluding hydrogens is 286 g/mol. The van der Waals surface area contributed by atoms with E-state index in [-0.39, 0.29) is 11.9 Å². The van der Waals surface area contributed by atoms with Gasteiger partial charge in [0.25, 0.3) is 0 Å². The molecule has 0 spiro atoms. The van der Waals surface area contributed by atoms with E-state index in [9.17, 15) is 4.79 Å². The van der Waals surface area contributed by atoms with Crippen molar-refractivity contribution >= 4 is 16.9 Å². The number of fused-ring (bicyclic) bond motifs is 2. The zero-order chi connectivity index (χ0) is 15.6. The Bertz CT molecular complexity index is 852. The predicted octanol–water partition coefficient (Wildman–Crippen LogP) is 3.23. The van der Waals surface area contributed by atoms with Crippen LogP contribution in [0, 0.1) is 0 Å². The van der Waals surface area contributed by atoms with Gasteiger partial charge in [0.2, 0.25) is 5.91 Å². The second-order valence-electron chi connectivity index (χ2n) is 6.07. The number of para-hydroxylation sites is 2. The highest BCUT2D eigenvalue weighted by atomic mass is 16.2. The van der Waals surface area contributed by atoms with Crippen LogP contribution in [-0.4, -0.2) is 15.5 Å². The van der Waals surface area contributed by atoms with E-state index >= 15 is 0 Å². The molecule has 1 aliphatic rings. The highest BCUT2D eigenvalue weighted by Gasteiger charge is 2.21. The smallest absolute Gasteiger partial charge is 0.240 e. The average Bonchev–Trinajstić information content (AvgIpc) is 2.98. The number of aromatic nitrogens is 2. The van der Waals surface area contributed by atoms with Crippen molar-refractivity contribution in [2.24, 2.45) is 0 Å². The van der Waals surface area contributed by atoms with Crippen LogP contribution in [0.15, 0.2) is 54.9 Å². The van der Waals surface area contributed by atoms with Crippen LogP contribution in [0.3, 0.4) is 0 Å². The monoisotopic (exact) mass is 305 g/mol. The van der Waals surface area contributed by atoms with Gasteiger partial charge in [-0.25, -0.2) is 4.98 Å². The number of amides is 1. The normalized spacial score (nSPS) is 17.0. The first kappa shape index (κ1) is 14.0. The lowest BCUT2D eigenvalue weighted by atomic mass is 9.88. The van der Waals surface area contributed by atoms with Crippen molar-refractivity contribution in [3.8, 4) is 0 Å². The lowest BCUT2D eigenvalue weighted by Gasteiger charge is -2.26. The molecule has 0 bridgehead atoms. The van der Waals surface area contributed by atoms with Gasteiger partial charge in [0.05, 0.1) is 23.4 Å². The molecule has 1 heterocycles. The summed E-state index contributed by atoms with van der Waals surface area (Å²) >= 11 is 0. The van der Waals surface area contributed by atoms with Crippen LogP contribution < -0.4 is 5.32 Å². The van der Waals surface area contributed by atoms with Gasteiger partial charge in [0.15, 0.2) is 0 Å². The lowest BCUT2D eigenvalue weighted by molar-refractivity contribution is -0.122. The van der Waals surface area contributed by atoms with Crippen molar-refractivity contribution in [1.82, 2.24) is 14.9 Å². The third-order valence-corrected chi connectivity index (χ3v) is 4.55. The Labute approximate surface area is 135 Å². The molecular formula is C19H19N3O.